The topological polar surface area (TPSA) is 15.3 Å². The van der Waals surface area contributed by atoms with Crippen molar-refractivity contribution in [3.63, 3.8) is 0 Å². The summed E-state index contributed by atoms with van der Waals surface area (Å²) in [5.41, 5.74) is 4.32. The molecule has 1 aliphatic heterocycles. The van der Waals surface area contributed by atoms with Crippen LogP contribution in [0.25, 0.3) is 0 Å². The molecule has 2 unspecified atom stereocenters. The van der Waals surface area contributed by atoms with E-state index in [0.717, 1.165) is 19.6 Å². The van der Waals surface area contributed by atoms with Crippen molar-refractivity contribution in [1.29, 1.82) is 0 Å². The van der Waals surface area contributed by atoms with E-state index in [-0.39, 0.29) is 5.54 Å². The molecule has 3 heteroatoms. The summed E-state index contributed by atoms with van der Waals surface area (Å²) in [6, 6.07) is 11.3. The van der Waals surface area contributed by atoms with Gasteiger partial charge in [-0.25, -0.2) is 0 Å². The highest BCUT2D eigenvalue weighted by Crippen LogP contribution is 2.28. The second kappa shape index (κ2) is 7.44. The summed E-state index contributed by atoms with van der Waals surface area (Å²) < 4.78 is 0. The summed E-state index contributed by atoms with van der Waals surface area (Å²) in [6.07, 6.45) is 2.45. The normalized spacial score (nSPS) is 27.8. The number of rotatable bonds is 5. The number of benzene rings is 1. The lowest BCUT2D eigenvalue weighted by molar-refractivity contribution is 0.0891. The lowest BCUT2D eigenvalue weighted by atomic mass is 9.87. The molecule has 1 aromatic rings. The Balaban J connectivity index is 2.18. The zero-order chi connectivity index (χ0) is 15.3. The summed E-state index contributed by atoms with van der Waals surface area (Å²) in [6.45, 7) is 9.68. The van der Waals surface area contributed by atoms with Crippen molar-refractivity contribution in [2.45, 2.75) is 45.2 Å². The fourth-order valence-electron chi connectivity index (χ4n) is 3.22. The smallest absolute Gasteiger partial charge is 0.0535 e. The van der Waals surface area contributed by atoms with Crippen LogP contribution in [-0.2, 0) is 5.54 Å². The summed E-state index contributed by atoms with van der Waals surface area (Å²) >= 11 is 5.88. The van der Waals surface area contributed by atoms with E-state index in [1.54, 1.807) is 5.54 Å². The van der Waals surface area contributed by atoms with E-state index >= 15 is 0 Å². The van der Waals surface area contributed by atoms with E-state index in [0.29, 0.717) is 6.04 Å². The minimum Gasteiger partial charge on any atom is -0.305 e. The molecule has 0 saturated carbocycles. The third kappa shape index (κ3) is 4.09. The monoisotopic (exact) mass is 306 g/mol. The molecule has 1 aromatic carbocycles. The van der Waals surface area contributed by atoms with Gasteiger partial charge in [0.2, 0.25) is 0 Å². The first-order valence-electron chi connectivity index (χ1n) is 7.89. The van der Waals surface area contributed by atoms with Crippen molar-refractivity contribution >= 4 is 11.6 Å². The van der Waals surface area contributed by atoms with Crippen LogP contribution in [0.1, 0.15) is 39.2 Å². The molecule has 0 aliphatic carbocycles. The highest BCUT2D eigenvalue weighted by atomic mass is 35.5. The number of hydrogen-bond acceptors (Lipinski definition) is 2. The molecule has 1 saturated heterocycles. The number of halogens is 1. The van der Waals surface area contributed by atoms with Crippen molar-refractivity contribution < 1.29 is 0 Å². The average Bonchev–Trinajstić information content (AvgIpc) is 2.51. The average molecular weight is 307 g/mol. The van der Waals surface area contributed by atoms with Gasteiger partial charge in [-0.2, -0.15) is 0 Å². The molecular formula is C18H27ClN2. The highest BCUT2D eigenvalue weighted by Gasteiger charge is 2.36. The maximum atomic E-state index is 5.88. The quantitative estimate of drug-likeness (QED) is 0.880. The Labute approximate surface area is 134 Å². The zero-order valence-corrected chi connectivity index (χ0v) is 14.2. The molecule has 1 heterocycles. The van der Waals surface area contributed by atoms with Gasteiger partial charge in [-0.05, 0) is 31.4 Å². The van der Waals surface area contributed by atoms with Crippen LogP contribution < -0.4 is 5.32 Å². The maximum absolute atomic E-state index is 5.88. The predicted octanol–water partition coefficient (Wildman–Crippen LogP) is 4.12. The van der Waals surface area contributed by atoms with Crippen LogP contribution in [0.15, 0.2) is 41.4 Å². The number of hydrogen-bond donors (Lipinski definition) is 1. The largest absolute Gasteiger partial charge is 0.305 e. The van der Waals surface area contributed by atoms with Gasteiger partial charge in [0.05, 0.1) is 5.54 Å². The van der Waals surface area contributed by atoms with E-state index in [1.165, 1.54) is 24.0 Å². The summed E-state index contributed by atoms with van der Waals surface area (Å²) in [5.74, 6) is 0. The first-order chi connectivity index (χ1) is 10.1. The molecule has 1 fully saturated rings. The van der Waals surface area contributed by atoms with Gasteiger partial charge in [0, 0.05) is 31.2 Å². The molecule has 1 N–H and O–H groups in total. The minimum atomic E-state index is 0.0120. The predicted molar refractivity (Wildman–Crippen MR) is 91.7 cm³/mol. The van der Waals surface area contributed by atoms with Crippen LogP contribution in [0.3, 0.4) is 0 Å². The molecule has 2 atom stereocenters. The maximum Gasteiger partial charge on any atom is 0.0535 e. The van der Waals surface area contributed by atoms with Crippen LogP contribution in [0.2, 0.25) is 0 Å². The number of piperazine rings is 1. The highest BCUT2D eigenvalue weighted by molar-refractivity contribution is 6.25. The van der Waals surface area contributed by atoms with Crippen LogP contribution in [-0.4, -0.2) is 30.6 Å². The van der Waals surface area contributed by atoms with Crippen LogP contribution in [0.5, 0.6) is 0 Å². The molecule has 0 spiro atoms. The Morgan fingerprint density at radius 3 is 2.76 bits per heavy atom. The molecule has 0 bridgehead atoms. The van der Waals surface area contributed by atoms with Gasteiger partial charge >= 0.3 is 0 Å². The van der Waals surface area contributed by atoms with Crippen molar-refractivity contribution in [2.75, 3.05) is 19.6 Å². The van der Waals surface area contributed by atoms with Gasteiger partial charge in [0.15, 0.2) is 0 Å². The molecule has 21 heavy (non-hydrogen) atoms. The summed E-state index contributed by atoms with van der Waals surface area (Å²) in [4.78, 5) is 2.58. The zero-order valence-electron chi connectivity index (χ0n) is 13.4. The van der Waals surface area contributed by atoms with E-state index in [1.807, 2.05) is 0 Å². The minimum absolute atomic E-state index is 0.0120. The molecule has 1 aliphatic rings. The van der Waals surface area contributed by atoms with Crippen LogP contribution in [0, 0.1) is 0 Å². The second-order valence-electron chi connectivity index (χ2n) is 6.38. The summed E-state index contributed by atoms with van der Waals surface area (Å²) in [7, 11) is 0. The Bertz CT molecular complexity index is 471. The standard InChI is InChI=1S/C18H27ClN2/c1-4-8-17-12-20-18(3,16-9-6-5-7-10-16)14-21(17)13-15(2)11-19/h5-7,9-11,17,20H,4,8,12-14H2,1-3H3/b15-11+. The molecular weight excluding hydrogens is 280 g/mol. The lowest BCUT2D eigenvalue weighted by Crippen LogP contribution is -2.61. The van der Waals surface area contributed by atoms with Gasteiger partial charge in [0.25, 0.3) is 0 Å². The van der Waals surface area contributed by atoms with E-state index in [4.69, 9.17) is 11.6 Å². The number of nitrogens with zero attached hydrogens (tertiary/aromatic N) is 1. The molecule has 0 aromatic heterocycles. The van der Waals surface area contributed by atoms with Crippen LogP contribution >= 0.6 is 11.6 Å². The SMILES string of the molecule is CCCC1CNC(C)(c2ccccc2)CN1C/C(C)=C/Cl. The Morgan fingerprint density at radius 2 is 2.14 bits per heavy atom. The Kier molecular flexibility index (Phi) is 5.86. The van der Waals surface area contributed by atoms with Gasteiger partial charge in [0.1, 0.15) is 0 Å². The van der Waals surface area contributed by atoms with E-state index in [2.05, 4.69) is 61.3 Å². The van der Waals surface area contributed by atoms with Crippen molar-refractivity contribution in [3.05, 3.63) is 47.0 Å². The van der Waals surface area contributed by atoms with E-state index < -0.39 is 0 Å². The third-order valence-corrected chi connectivity index (χ3v) is 4.81. The molecule has 0 amide bonds. The molecule has 0 radical (unpaired) electrons. The van der Waals surface area contributed by atoms with Gasteiger partial charge in [-0.15, -0.1) is 0 Å². The van der Waals surface area contributed by atoms with Gasteiger partial charge in [-0.1, -0.05) is 55.3 Å². The second-order valence-corrected chi connectivity index (χ2v) is 6.60. The summed E-state index contributed by atoms with van der Waals surface area (Å²) in [5, 5.41) is 3.77. The fourth-order valence-corrected chi connectivity index (χ4v) is 3.29. The van der Waals surface area contributed by atoms with Crippen molar-refractivity contribution in [1.82, 2.24) is 10.2 Å². The van der Waals surface area contributed by atoms with Gasteiger partial charge in [-0.3, -0.25) is 4.90 Å². The lowest BCUT2D eigenvalue weighted by Gasteiger charge is -2.47. The molecule has 116 valence electrons. The van der Waals surface area contributed by atoms with Crippen molar-refractivity contribution in [3.8, 4) is 0 Å². The van der Waals surface area contributed by atoms with Crippen LogP contribution in [0.4, 0.5) is 0 Å². The van der Waals surface area contributed by atoms with E-state index in [9.17, 15) is 0 Å². The number of nitrogens with one attached hydrogen (secondary N) is 1. The van der Waals surface area contributed by atoms with Crippen molar-refractivity contribution in [2.24, 2.45) is 0 Å². The fraction of sp³-hybridized carbons (Fsp3) is 0.556. The molecule has 2 nitrogen and oxygen atoms in total. The third-order valence-electron chi connectivity index (χ3n) is 4.44. The van der Waals surface area contributed by atoms with Gasteiger partial charge < -0.3 is 5.32 Å². The first kappa shape index (κ1) is 16.5. The molecule has 2 rings (SSSR count). The Morgan fingerprint density at radius 1 is 1.43 bits per heavy atom. The first-order valence-corrected chi connectivity index (χ1v) is 8.33. The Hall–Kier alpha value is -0.830.